The molecule has 142 valence electrons. The molecule has 2 amide bonds. The van der Waals surface area contributed by atoms with Gasteiger partial charge in [0.1, 0.15) is 5.75 Å². The van der Waals surface area contributed by atoms with Gasteiger partial charge in [0.05, 0.1) is 12.8 Å². The lowest BCUT2D eigenvalue weighted by atomic mass is 10.1. The zero-order chi connectivity index (χ0) is 19.8. The molecule has 0 aliphatic heterocycles. The van der Waals surface area contributed by atoms with Crippen LogP contribution in [0.3, 0.4) is 0 Å². The van der Waals surface area contributed by atoms with Crippen LogP contribution < -0.4 is 15.5 Å². The summed E-state index contributed by atoms with van der Waals surface area (Å²) in [5.74, 6) is 0.156. The van der Waals surface area contributed by atoms with Crippen LogP contribution >= 0.6 is 11.6 Å². The first kappa shape index (κ1) is 20.5. The van der Waals surface area contributed by atoms with Gasteiger partial charge in [-0.15, -0.1) is 0 Å². The summed E-state index contributed by atoms with van der Waals surface area (Å²) < 4.78 is 5.10. The Morgan fingerprint density at radius 2 is 1.74 bits per heavy atom. The first-order valence-electron chi connectivity index (χ1n) is 8.43. The molecule has 0 atom stereocenters. The Kier molecular flexibility index (Phi) is 7.37. The van der Waals surface area contributed by atoms with Crippen LogP contribution in [-0.2, 0) is 9.59 Å². The fourth-order valence-electron chi connectivity index (χ4n) is 2.28. The van der Waals surface area contributed by atoms with Crippen molar-refractivity contribution in [3.05, 3.63) is 58.6 Å². The SMILES string of the molecule is COc1ccc(C(C)=NNC(=O)CCC(=O)Nc2cccc(Cl)c2C)cc1. The van der Waals surface area contributed by atoms with Gasteiger partial charge in [-0.2, -0.15) is 5.10 Å². The van der Waals surface area contributed by atoms with Crippen LogP contribution in [0.25, 0.3) is 0 Å². The Labute approximate surface area is 163 Å². The Morgan fingerprint density at radius 3 is 2.41 bits per heavy atom. The van der Waals surface area contributed by atoms with E-state index in [1.54, 1.807) is 32.2 Å². The second-order valence-electron chi connectivity index (χ2n) is 5.92. The van der Waals surface area contributed by atoms with Crippen molar-refractivity contribution in [2.24, 2.45) is 5.10 Å². The van der Waals surface area contributed by atoms with Crippen LogP contribution in [0.5, 0.6) is 5.75 Å². The minimum Gasteiger partial charge on any atom is -0.497 e. The average Bonchev–Trinajstić information content (AvgIpc) is 2.68. The van der Waals surface area contributed by atoms with E-state index in [2.05, 4.69) is 15.8 Å². The summed E-state index contributed by atoms with van der Waals surface area (Å²) in [7, 11) is 1.60. The van der Waals surface area contributed by atoms with Gasteiger partial charge in [0, 0.05) is 23.6 Å². The summed E-state index contributed by atoms with van der Waals surface area (Å²) in [4.78, 5) is 23.9. The van der Waals surface area contributed by atoms with Gasteiger partial charge in [0.2, 0.25) is 11.8 Å². The Bertz CT molecular complexity index is 848. The summed E-state index contributed by atoms with van der Waals surface area (Å²) in [6.45, 7) is 3.61. The largest absolute Gasteiger partial charge is 0.497 e. The number of benzene rings is 2. The molecule has 0 fully saturated rings. The topological polar surface area (TPSA) is 79.8 Å². The van der Waals surface area contributed by atoms with Crippen molar-refractivity contribution in [3.8, 4) is 5.75 Å². The second-order valence-corrected chi connectivity index (χ2v) is 6.33. The van der Waals surface area contributed by atoms with Crippen molar-refractivity contribution in [2.45, 2.75) is 26.7 Å². The molecule has 2 N–H and O–H groups in total. The Hall–Kier alpha value is -2.86. The number of hydrogen-bond acceptors (Lipinski definition) is 4. The van der Waals surface area contributed by atoms with Gasteiger partial charge < -0.3 is 10.1 Å². The smallest absolute Gasteiger partial charge is 0.240 e. The second kappa shape index (κ2) is 9.73. The number of nitrogens with one attached hydrogen (secondary N) is 2. The van der Waals surface area contributed by atoms with Gasteiger partial charge >= 0.3 is 0 Å². The van der Waals surface area contributed by atoms with Crippen LogP contribution in [-0.4, -0.2) is 24.6 Å². The zero-order valence-electron chi connectivity index (χ0n) is 15.5. The Balaban J connectivity index is 1.82. The Morgan fingerprint density at radius 1 is 1.07 bits per heavy atom. The van der Waals surface area contributed by atoms with E-state index in [1.165, 1.54) is 0 Å². The van der Waals surface area contributed by atoms with E-state index in [1.807, 2.05) is 31.2 Å². The van der Waals surface area contributed by atoms with Crippen LogP contribution in [0.1, 0.15) is 30.9 Å². The average molecular weight is 388 g/mol. The van der Waals surface area contributed by atoms with Crippen molar-refractivity contribution in [3.63, 3.8) is 0 Å². The lowest BCUT2D eigenvalue weighted by Crippen LogP contribution is -2.22. The van der Waals surface area contributed by atoms with E-state index in [-0.39, 0.29) is 24.7 Å². The number of carbonyl (C=O) groups is 2. The number of hydrazone groups is 1. The highest BCUT2D eigenvalue weighted by Crippen LogP contribution is 2.23. The van der Waals surface area contributed by atoms with Crippen molar-refractivity contribution < 1.29 is 14.3 Å². The van der Waals surface area contributed by atoms with Crippen molar-refractivity contribution in [2.75, 3.05) is 12.4 Å². The maximum absolute atomic E-state index is 12.0. The van der Waals surface area contributed by atoms with Crippen LogP contribution in [0.2, 0.25) is 5.02 Å². The number of hydrogen-bond donors (Lipinski definition) is 2. The number of halogens is 1. The maximum atomic E-state index is 12.0. The summed E-state index contributed by atoms with van der Waals surface area (Å²) in [5.41, 5.74) is 5.42. The van der Waals surface area contributed by atoms with Crippen molar-refractivity contribution >= 4 is 34.8 Å². The van der Waals surface area contributed by atoms with Crippen LogP contribution in [0.15, 0.2) is 47.6 Å². The predicted octanol–water partition coefficient (Wildman–Crippen LogP) is 3.92. The van der Waals surface area contributed by atoms with Crippen molar-refractivity contribution in [1.82, 2.24) is 5.43 Å². The molecule has 2 aromatic carbocycles. The van der Waals surface area contributed by atoms with Crippen LogP contribution in [0.4, 0.5) is 5.69 Å². The minimum absolute atomic E-state index is 0.0326. The molecule has 2 aromatic rings. The summed E-state index contributed by atoms with van der Waals surface area (Å²) in [6.07, 6.45) is 0.0831. The maximum Gasteiger partial charge on any atom is 0.240 e. The first-order chi connectivity index (χ1) is 12.9. The van der Waals surface area contributed by atoms with Gasteiger partial charge in [-0.1, -0.05) is 17.7 Å². The molecule has 27 heavy (non-hydrogen) atoms. The molecule has 0 aliphatic rings. The monoisotopic (exact) mass is 387 g/mol. The van der Waals surface area contributed by atoms with Gasteiger partial charge in [-0.3, -0.25) is 9.59 Å². The molecule has 0 saturated carbocycles. The van der Waals surface area contributed by atoms with E-state index in [0.29, 0.717) is 16.4 Å². The summed E-state index contributed by atoms with van der Waals surface area (Å²) in [5, 5.41) is 7.40. The van der Waals surface area contributed by atoms with E-state index in [9.17, 15) is 9.59 Å². The number of amides is 2. The zero-order valence-corrected chi connectivity index (χ0v) is 16.3. The number of rotatable bonds is 7. The third-order valence-electron chi connectivity index (χ3n) is 3.98. The lowest BCUT2D eigenvalue weighted by Gasteiger charge is -2.09. The predicted molar refractivity (Wildman–Crippen MR) is 107 cm³/mol. The molecular weight excluding hydrogens is 366 g/mol. The van der Waals surface area contributed by atoms with Gasteiger partial charge in [0.15, 0.2) is 0 Å². The van der Waals surface area contributed by atoms with Gasteiger partial charge in [0.25, 0.3) is 0 Å². The molecule has 2 rings (SSSR count). The normalized spacial score (nSPS) is 11.0. The summed E-state index contributed by atoms with van der Waals surface area (Å²) >= 11 is 6.03. The highest BCUT2D eigenvalue weighted by atomic mass is 35.5. The number of anilines is 1. The molecule has 0 unspecified atom stereocenters. The summed E-state index contributed by atoms with van der Waals surface area (Å²) in [6, 6.07) is 12.6. The third kappa shape index (κ3) is 6.11. The molecule has 7 heteroatoms. The molecule has 0 bridgehead atoms. The highest BCUT2D eigenvalue weighted by Gasteiger charge is 2.09. The molecule has 0 spiro atoms. The number of methoxy groups -OCH3 is 1. The fourth-order valence-corrected chi connectivity index (χ4v) is 2.46. The van der Waals surface area contributed by atoms with E-state index in [4.69, 9.17) is 16.3 Å². The standard InChI is InChI=1S/C20H22ClN3O3/c1-13-17(21)5-4-6-18(13)22-19(25)11-12-20(26)24-23-14(2)15-7-9-16(27-3)10-8-15/h4-10H,11-12H2,1-3H3,(H,22,25)(H,24,26). The van der Waals surface area contributed by atoms with Crippen molar-refractivity contribution in [1.29, 1.82) is 0 Å². The number of carbonyl (C=O) groups excluding carboxylic acids is 2. The molecule has 0 aromatic heterocycles. The van der Waals surface area contributed by atoms with E-state index < -0.39 is 0 Å². The van der Waals surface area contributed by atoms with Gasteiger partial charge in [-0.25, -0.2) is 5.43 Å². The first-order valence-corrected chi connectivity index (χ1v) is 8.81. The lowest BCUT2D eigenvalue weighted by molar-refractivity contribution is -0.124. The highest BCUT2D eigenvalue weighted by molar-refractivity contribution is 6.31. The molecule has 0 heterocycles. The van der Waals surface area contributed by atoms with Gasteiger partial charge in [-0.05, 0) is 61.4 Å². The molecule has 0 saturated heterocycles. The minimum atomic E-state index is -0.333. The van der Waals surface area contributed by atoms with Crippen LogP contribution in [0, 0.1) is 6.92 Å². The number of ether oxygens (including phenoxy) is 1. The molecule has 0 aliphatic carbocycles. The third-order valence-corrected chi connectivity index (χ3v) is 4.39. The molecular formula is C20H22ClN3O3. The fraction of sp³-hybridized carbons (Fsp3) is 0.250. The van der Waals surface area contributed by atoms with E-state index >= 15 is 0 Å². The molecule has 0 radical (unpaired) electrons. The quantitative estimate of drug-likeness (QED) is 0.558. The van der Waals surface area contributed by atoms with E-state index in [0.717, 1.165) is 16.9 Å². The number of nitrogens with zero attached hydrogens (tertiary/aromatic N) is 1. The molecule has 6 nitrogen and oxygen atoms in total.